The summed E-state index contributed by atoms with van der Waals surface area (Å²) in [5.74, 6) is 0.381. The molecule has 1 fully saturated rings. The molecule has 2 N–H and O–H groups in total. The molecule has 0 saturated carbocycles. The van der Waals surface area contributed by atoms with Crippen LogP contribution >= 0.6 is 0 Å². The van der Waals surface area contributed by atoms with Crippen LogP contribution in [-0.2, 0) is 11.3 Å². The molecule has 1 aliphatic rings. The van der Waals surface area contributed by atoms with Crippen LogP contribution in [0.25, 0.3) is 0 Å². The Morgan fingerprint density at radius 3 is 2.95 bits per heavy atom. The van der Waals surface area contributed by atoms with Crippen LogP contribution in [0.2, 0.25) is 0 Å². The number of pyridine rings is 1. The van der Waals surface area contributed by atoms with Crippen molar-refractivity contribution in [2.45, 2.75) is 51.7 Å². The lowest BCUT2D eigenvalue weighted by Gasteiger charge is -2.23. The normalized spacial score (nSPS) is 18.6. The second-order valence-corrected chi connectivity index (χ2v) is 5.52. The fourth-order valence-electron chi connectivity index (χ4n) is 2.49. The zero-order valence-corrected chi connectivity index (χ0v) is 12.8. The summed E-state index contributed by atoms with van der Waals surface area (Å²) >= 11 is 0. The standard InChI is InChI=1S/C16H26N2O3/c1-2-8-21-16-11-18-14(10-15(16)19)12-20-9-6-13-5-3-4-7-17-13/h10-11,13,17H,2-9,12H2,1H3,(H,18,19). The second kappa shape index (κ2) is 8.85. The topological polar surface area (TPSA) is 63.4 Å². The van der Waals surface area contributed by atoms with Gasteiger partial charge in [-0.3, -0.25) is 4.79 Å². The molecular weight excluding hydrogens is 268 g/mol. The van der Waals surface area contributed by atoms with E-state index in [9.17, 15) is 4.79 Å². The van der Waals surface area contributed by atoms with Crippen LogP contribution in [0.3, 0.4) is 0 Å². The van der Waals surface area contributed by atoms with E-state index < -0.39 is 0 Å². The van der Waals surface area contributed by atoms with E-state index in [4.69, 9.17) is 9.47 Å². The lowest BCUT2D eigenvalue weighted by Crippen LogP contribution is -2.34. The molecule has 21 heavy (non-hydrogen) atoms. The Labute approximate surface area is 126 Å². The molecule has 118 valence electrons. The summed E-state index contributed by atoms with van der Waals surface area (Å²) in [4.78, 5) is 14.9. The van der Waals surface area contributed by atoms with Crippen LogP contribution < -0.4 is 15.5 Å². The van der Waals surface area contributed by atoms with Crippen LogP contribution in [0.4, 0.5) is 0 Å². The molecular formula is C16H26N2O3. The molecule has 1 saturated heterocycles. The summed E-state index contributed by atoms with van der Waals surface area (Å²) in [6, 6.07) is 2.15. The number of nitrogens with one attached hydrogen (secondary N) is 2. The smallest absolute Gasteiger partial charge is 0.223 e. The molecule has 1 aromatic heterocycles. The maximum absolute atomic E-state index is 11.8. The van der Waals surface area contributed by atoms with Gasteiger partial charge in [0.25, 0.3) is 0 Å². The molecule has 0 aromatic carbocycles. The highest BCUT2D eigenvalue weighted by molar-refractivity contribution is 5.20. The van der Waals surface area contributed by atoms with Gasteiger partial charge in [-0.2, -0.15) is 0 Å². The summed E-state index contributed by atoms with van der Waals surface area (Å²) in [5, 5.41) is 3.50. The van der Waals surface area contributed by atoms with Gasteiger partial charge >= 0.3 is 0 Å². The minimum Gasteiger partial charge on any atom is -0.488 e. The third-order valence-electron chi connectivity index (χ3n) is 3.68. The Morgan fingerprint density at radius 1 is 1.33 bits per heavy atom. The van der Waals surface area contributed by atoms with Crippen molar-refractivity contribution in [3.05, 3.63) is 28.2 Å². The first kappa shape index (κ1) is 16.0. The molecule has 0 radical (unpaired) electrons. The molecule has 1 atom stereocenters. The van der Waals surface area contributed by atoms with Crippen molar-refractivity contribution in [2.75, 3.05) is 19.8 Å². The Morgan fingerprint density at radius 2 is 2.24 bits per heavy atom. The van der Waals surface area contributed by atoms with E-state index in [0.29, 0.717) is 31.6 Å². The zero-order valence-electron chi connectivity index (χ0n) is 12.8. The van der Waals surface area contributed by atoms with Gasteiger partial charge in [0.05, 0.1) is 13.2 Å². The number of aromatic amines is 1. The summed E-state index contributed by atoms with van der Waals surface area (Å²) in [7, 11) is 0. The van der Waals surface area contributed by atoms with E-state index in [1.807, 2.05) is 6.92 Å². The highest BCUT2D eigenvalue weighted by atomic mass is 16.5. The first-order valence-electron chi connectivity index (χ1n) is 7.95. The number of rotatable bonds is 8. The van der Waals surface area contributed by atoms with Crippen LogP contribution in [0.15, 0.2) is 17.1 Å². The van der Waals surface area contributed by atoms with Crippen molar-refractivity contribution >= 4 is 0 Å². The molecule has 0 aliphatic carbocycles. The molecule has 1 aliphatic heterocycles. The lowest BCUT2D eigenvalue weighted by atomic mass is 10.0. The number of piperidine rings is 1. The molecule has 2 heterocycles. The molecule has 1 aromatic rings. The van der Waals surface area contributed by atoms with Crippen LogP contribution in [0.1, 0.15) is 44.7 Å². The van der Waals surface area contributed by atoms with E-state index in [-0.39, 0.29) is 5.43 Å². The number of aromatic nitrogens is 1. The molecule has 0 spiro atoms. The highest BCUT2D eigenvalue weighted by Crippen LogP contribution is 2.10. The number of ether oxygens (including phenoxy) is 2. The van der Waals surface area contributed by atoms with Crippen LogP contribution in [0, 0.1) is 0 Å². The van der Waals surface area contributed by atoms with Crippen molar-refractivity contribution in [1.82, 2.24) is 10.3 Å². The van der Waals surface area contributed by atoms with Gasteiger partial charge in [-0.25, -0.2) is 0 Å². The maximum Gasteiger partial charge on any atom is 0.223 e. The van der Waals surface area contributed by atoms with Gasteiger partial charge < -0.3 is 19.8 Å². The largest absolute Gasteiger partial charge is 0.488 e. The fraction of sp³-hybridized carbons (Fsp3) is 0.688. The predicted octanol–water partition coefficient (Wildman–Crippen LogP) is 2.21. The molecule has 1 unspecified atom stereocenters. The average Bonchev–Trinajstić information content (AvgIpc) is 2.52. The van der Waals surface area contributed by atoms with Gasteiger partial charge in [0, 0.05) is 30.6 Å². The Bertz CT molecular complexity index is 467. The fourth-order valence-corrected chi connectivity index (χ4v) is 2.49. The molecule has 5 heteroatoms. The van der Waals surface area contributed by atoms with Gasteiger partial charge in [-0.05, 0) is 32.2 Å². The van der Waals surface area contributed by atoms with E-state index in [0.717, 1.165) is 25.1 Å². The number of hydrogen-bond acceptors (Lipinski definition) is 4. The minimum absolute atomic E-state index is 0.0882. The maximum atomic E-state index is 11.8. The third-order valence-corrected chi connectivity index (χ3v) is 3.68. The van der Waals surface area contributed by atoms with Gasteiger partial charge in [-0.15, -0.1) is 0 Å². The number of H-pyrrole nitrogens is 1. The van der Waals surface area contributed by atoms with Crippen LogP contribution in [0.5, 0.6) is 5.75 Å². The van der Waals surface area contributed by atoms with Gasteiger partial charge in [0.2, 0.25) is 5.43 Å². The SMILES string of the molecule is CCCOc1c[nH]c(COCCC2CCCCN2)cc1=O. The molecule has 2 rings (SSSR count). The first-order chi connectivity index (χ1) is 10.3. The van der Waals surface area contributed by atoms with Crippen molar-refractivity contribution in [2.24, 2.45) is 0 Å². The summed E-state index contributed by atoms with van der Waals surface area (Å²) in [5.41, 5.74) is 0.704. The first-order valence-corrected chi connectivity index (χ1v) is 7.95. The quantitative estimate of drug-likeness (QED) is 0.722. The zero-order chi connectivity index (χ0) is 14.9. The van der Waals surface area contributed by atoms with Crippen molar-refractivity contribution < 1.29 is 9.47 Å². The predicted molar refractivity (Wildman–Crippen MR) is 82.8 cm³/mol. The van der Waals surface area contributed by atoms with Gasteiger partial charge in [0.1, 0.15) is 0 Å². The van der Waals surface area contributed by atoms with E-state index >= 15 is 0 Å². The monoisotopic (exact) mass is 294 g/mol. The Hall–Kier alpha value is -1.33. The van der Waals surface area contributed by atoms with Crippen molar-refractivity contribution in [1.29, 1.82) is 0 Å². The van der Waals surface area contributed by atoms with Crippen LogP contribution in [-0.4, -0.2) is 30.8 Å². The summed E-state index contributed by atoms with van der Waals surface area (Å²) < 4.78 is 11.0. The molecule has 0 amide bonds. The van der Waals surface area contributed by atoms with Crippen molar-refractivity contribution in [3.8, 4) is 5.75 Å². The Kier molecular flexibility index (Phi) is 6.76. The van der Waals surface area contributed by atoms with Gasteiger partial charge in [0.15, 0.2) is 5.75 Å². The van der Waals surface area contributed by atoms with E-state index in [1.165, 1.54) is 19.3 Å². The average molecular weight is 294 g/mol. The molecule has 5 nitrogen and oxygen atoms in total. The third kappa shape index (κ3) is 5.52. The van der Waals surface area contributed by atoms with Crippen molar-refractivity contribution in [3.63, 3.8) is 0 Å². The number of hydrogen-bond donors (Lipinski definition) is 2. The van der Waals surface area contributed by atoms with Gasteiger partial charge in [-0.1, -0.05) is 13.3 Å². The van der Waals surface area contributed by atoms with E-state index in [2.05, 4.69) is 10.3 Å². The summed E-state index contributed by atoms with van der Waals surface area (Å²) in [6.07, 6.45) is 7.37. The Balaban J connectivity index is 1.70. The van der Waals surface area contributed by atoms with E-state index in [1.54, 1.807) is 12.3 Å². The summed E-state index contributed by atoms with van der Waals surface area (Å²) in [6.45, 7) is 4.85. The highest BCUT2D eigenvalue weighted by Gasteiger charge is 2.11. The second-order valence-electron chi connectivity index (χ2n) is 5.52. The minimum atomic E-state index is -0.0882. The molecule has 0 bridgehead atoms. The lowest BCUT2D eigenvalue weighted by molar-refractivity contribution is 0.106.